The molecule has 0 saturated carbocycles. The molecule has 0 atom stereocenters. The van der Waals surface area contributed by atoms with Crippen LogP contribution in [0.2, 0.25) is 0 Å². The van der Waals surface area contributed by atoms with Gasteiger partial charge in [0.2, 0.25) is 12.7 Å². The average Bonchev–Trinajstić information content (AvgIpc) is 3.35. The standard InChI is InChI=1S/C25H26N2O8S/c1-4-33-19-8-6-18(7-9-19)27(36(29,30)20-10-12-21(31-2)23(14-20)32-3)15-25(28)26-17-5-11-22-24(13-17)35-16-34-22/h5-14H,4,15-16H2,1-3H3,(H,26,28). The Morgan fingerprint density at radius 3 is 2.36 bits per heavy atom. The summed E-state index contributed by atoms with van der Waals surface area (Å²) in [6.07, 6.45) is 0. The highest BCUT2D eigenvalue weighted by atomic mass is 32.2. The van der Waals surface area contributed by atoms with Gasteiger partial charge in [0.05, 0.1) is 31.4 Å². The summed E-state index contributed by atoms with van der Waals surface area (Å²) in [5.41, 5.74) is 0.730. The number of amides is 1. The molecule has 1 heterocycles. The van der Waals surface area contributed by atoms with Crippen LogP contribution in [0.5, 0.6) is 28.7 Å². The van der Waals surface area contributed by atoms with Gasteiger partial charge in [-0.15, -0.1) is 0 Å². The van der Waals surface area contributed by atoms with Crippen molar-refractivity contribution in [2.45, 2.75) is 11.8 Å². The fraction of sp³-hybridized carbons (Fsp3) is 0.240. The van der Waals surface area contributed by atoms with Crippen LogP contribution in [-0.2, 0) is 14.8 Å². The summed E-state index contributed by atoms with van der Waals surface area (Å²) in [6.45, 7) is 1.92. The van der Waals surface area contributed by atoms with Gasteiger partial charge in [-0.05, 0) is 55.5 Å². The minimum absolute atomic E-state index is 0.0649. The van der Waals surface area contributed by atoms with E-state index in [0.717, 1.165) is 4.31 Å². The molecule has 0 aliphatic carbocycles. The minimum atomic E-state index is -4.18. The lowest BCUT2D eigenvalue weighted by atomic mass is 10.2. The number of sulfonamides is 1. The maximum Gasteiger partial charge on any atom is 0.264 e. The molecule has 11 heteroatoms. The Kier molecular flexibility index (Phi) is 7.39. The van der Waals surface area contributed by atoms with Gasteiger partial charge in [-0.1, -0.05) is 0 Å². The topological polar surface area (TPSA) is 113 Å². The Bertz CT molecular complexity index is 1340. The van der Waals surface area contributed by atoms with Gasteiger partial charge in [0, 0.05) is 17.8 Å². The quantitative estimate of drug-likeness (QED) is 0.436. The molecule has 0 radical (unpaired) electrons. The minimum Gasteiger partial charge on any atom is -0.494 e. The van der Waals surface area contributed by atoms with E-state index in [1.807, 2.05) is 6.92 Å². The molecule has 3 aromatic carbocycles. The zero-order valence-corrected chi connectivity index (χ0v) is 20.8. The summed E-state index contributed by atoms with van der Waals surface area (Å²) in [5, 5.41) is 2.72. The molecule has 0 bridgehead atoms. The third-order valence-corrected chi connectivity index (χ3v) is 7.09. The highest BCUT2D eigenvalue weighted by Crippen LogP contribution is 2.35. The molecule has 1 aliphatic rings. The van der Waals surface area contributed by atoms with Gasteiger partial charge in [0.15, 0.2) is 23.0 Å². The molecule has 1 amide bonds. The second-order valence-corrected chi connectivity index (χ2v) is 9.43. The lowest BCUT2D eigenvalue weighted by Crippen LogP contribution is -2.38. The summed E-state index contributed by atoms with van der Waals surface area (Å²) in [5.74, 6) is 1.72. The Hall–Kier alpha value is -4.12. The number of nitrogens with one attached hydrogen (secondary N) is 1. The Labute approximate surface area is 209 Å². The van der Waals surface area contributed by atoms with Crippen LogP contribution in [0.1, 0.15) is 6.92 Å². The number of hydrogen-bond donors (Lipinski definition) is 1. The first-order chi connectivity index (χ1) is 17.3. The molecule has 0 unspecified atom stereocenters. The van der Waals surface area contributed by atoms with E-state index >= 15 is 0 Å². The van der Waals surface area contributed by atoms with Crippen molar-refractivity contribution >= 4 is 27.3 Å². The van der Waals surface area contributed by atoms with Crippen molar-refractivity contribution in [2.24, 2.45) is 0 Å². The third kappa shape index (κ3) is 5.25. The molecule has 190 valence electrons. The highest BCUT2D eigenvalue weighted by Gasteiger charge is 2.29. The smallest absolute Gasteiger partial charge is 0.264 e. The van der Waals surface area contributed by atoms with Crippen molar-refractivity contribution in [2.75, 3.05) is 43.8 Å². The van der Waals surface area contributed by atoms with Crippen LogP contribution in [0, 0.1) is 0 Å². The number of fused-ring (bicyclic) bond motifs is 1. The first-order valence-corrected chi connectivity index (χ1v) is 12.5. The van der Waals surface area contributed by atoms with E-state index < -0.39 is 22.5 Å². The van der Waals surface area contributed by atoms with E-state index in [9.17, 15) is 13.2 Å². The first-order valence-electron chi connectivity index (χ1n) is 11.0. The van der Waals surface area contributed by atoms with Crippen molar-refractivity contribution in [1.82, 2.24) is 0 Å². The lowest BCUT2D eigenvalue weighted by molar-refractivity contribution is -0.114. The summed E-state index contributed by atoms with van der Waals surface area (Å²) < 4.78 is 55.1. The molecule has 1 N–H and O–H groups in total. The fourth-order valence-electron chi connectivity index (χ4n) is 3.60. The largest absolute Gasteiger partial charge is 0.494 e. The predicted molar refractivity (Wildman–Crippen MR) is 133 cm³/mol. The molecule has 0 fully saturated rings. The van der Waals surface area contributed by atoms with Gasteiger partial charge in [-0.3, -0.25) is 9.10 Å². The van der Waals surface area contributed by atoms with Gasteiger partial charge in [0.1, 0.15) is 12.3 Å². The van der Waals surface area contributed by atoms with Crippen molar-refractivity contribution in [3.05, 3.63) is 60.7 Å². The fourth-order valence-corrected chi connectivity index (χ4v) is 5.04. The number of benzene rings is 3. The summed E-state index contributed by atoms with van der Waals surface area (Å²) in [4.78, 5) is 12.9. The number of rotatable bonds is 10. The maximum atomic E-state index is 13.7. The van der Waals surface area contributed by atoms with Crippen LogP contribution in [0.4, 0.5) is 11.4 Å². The van der Waals surface area contributed by atoms with Crippen molar-refractivity contribution in [3.8, 4) is 28.7 Å². The second-order valence-electron chi connectivity index (χ2n) is 7.57. The van der Waals surface area contributed by atoms with Gasteiger partial charge >= 0.3 is 0 Å². The molecule has 0 spiro atoms. The predicted octanol–water partition coefficient (Wildman–Crippen LogP) is 3.67. The van der Waals surface area contributed by atoms with Crippen LogP contribution in [0.3, 0.4) is 0 Å². The van der Waals surface area contributed by atoms with Crippen LogP contribution in [0.25, 0.3) is 0 Å². The van der Waals surface area contributed by atoms with E-state index in [0.29, 0.717) is 35.3 Å². The molecule has 4 rings (SSSR count). The SMILES string of the molecule is CCOc1ccc(N(CC(=O)Nc2ccc3c(c2)OCO3)S(=O)(=O)c2ccc(OC)c(OC)c2)cc1. The number of carbonyl (C=O) groups excluding carboxylic acids is 1. The average molecular weight is 515 g/mol. The van der Waals surface area contributed by atoms with Crippen LogP contribution in [0.15, 0.2) is 65.6 Å². The van der Waals surface area contributed by atoms with E-state index in [1.165, 1.54) is 32.4 Å². The van der Waals surface area contributed by atoms with E-state index in [1.54, 1.807) is 42.5 Å². The molecular formula is C25H26N2O8S. The summed E-state index contributed by atoms with van der Waals surface area (Å²) in [6, 6.07) is 15.6. The first kappa shape index (κ1) is 25.0. The van der Waals surface area contributed by atoms with Crippen molar-refractivity contribution < 1.29 is 36.9 Å². The lowest BCUT2D eigenvalue weighted by Gasteiger charge is -2.25. The number of carbonyl (C=O) groups is 1. The number of hydrogen-bond acceptors (Lipinski definition) is 8. The number of methoxy groups -OCH3 is 2. The molecule has 10 nitrogen and oxygen atoms in total. The Morgan fingerprint density at radius 2 is 1.67 bits per heavy atom. The van der Waals surface area contributed by atoms with Crippen LogP contribution in [-0.4, -0.2) is 48.5 Å². The zero-order valence-electron chi connectivity index (χ0n) is 20.0. The van der Waals surface area contributed by atoms with Gasteiger partial charge < -0.3 is 29.0 Å². The third-order valence-electron chi connectivity index (χ3n) is 5.32. The molecule has 0 aromatic heterocycles. The second kappa shape index (κ2) is 10.6. The van der Waals surface area contributed by atoms with Crippen LogP contribution < -0.4 is 33.3 Å². The molecule has 36 heavy (non-hydrogen) atoms. The summed E-state index contributed by atoms with van der Waals surface area (Å²) >= 11 is 0. The normalized spacial score (nSPS) is 12.1. The Morgan fingerprint density at radius 1 is 0.944 bits per heavy atom. The van der Waals surface area contributed by atoms with Crippen molar-refractivity contribution in [1.29, 1.82) is 0 Å². The maximum absolute atomic E-state index is 13.7. The highest BCUT2D eigenvalue weighted by molar-refractivity contribution is 7.92. The molecular weight excluding hydrogens is 488 g/mol. The number of ether oxygens (including phenoxy) is 5. The van der Waals surface area contributed by atoms with Crippen molar-refractivity contribution in [3.63, 3.8) is 0 Å². The van der Waals surface area contributed by atoms with Gasteiger partial charge in [-0.2, -0.15) is 0 Å². The summed E-state index contributed by atoms with van der Waals surface area (Å²) in [7, 11) is -1.31. The van der Waals surface area contributed by atoms with E-state index in [4.69, 9.17) is 23.7 Å². The molecule has 1 aliphatic heterocycles. The molecule has 3 aromatic rings. The monoisotopic (exact) mass is 514 g/mol. The number of nitrogens with zero attached hydrogens (tertiary/aromatic N) is 1. The van der Waals surface area contributed by atoms with E-state index in [-0.39, 0.29) is 23.1 Å². The van der Waals surface area contributed by atoms with Gasteiger partial charge in [-0.25, -0.2) is 8.42 Å². The number of anilines is 2. The van der Waals surface area contributed by atoms with E-state index in [2.05, 4.69) is 5.32 Å². The van der Waals surface area contributed by atoms with Crippen LogP contribution >= 0.6 is 0 Å². The Balaban J connectivity index is 1.65. The zero-order chi connectivity index (χ0) is 25.7. The molecule has 0 saturated heterocycles. The van der Waals surface area contributed by atoms with Gasteiger partial charge in [0.25, 0.3) is 10.0 Å².